The smallest absolute Gasteiger partial charge is 0.0319 e. The highest BCUT2D eigenvalue weighted by Gasteiger charge is 2.49. The lowest BCUT2D eigenvalue weighted by molar-refractivity contribution is -0.0502. The Bertz CT molecular complexity index is 109. The van der Waals surface area contributed by atoms with Gasteiger partial charge >= 0.3 is 0 Å². The van der Waals surface area contributed by atoms with Gasteiger partial charge in [0.2, 0.25) is 0 Å². The summed E-state index contributed by atoms with van der Waals surface area (Å²) in [4.78, 5) is 0. The maximum absolute atomic E-state index is 7.00. The Morgan fingerprint density at radius 2 is 1.91 bits per heavy atom. The van der Waals surface area contributed by atoms with Crippen molar-refractivity contribution in [3.05, 3.63) is 0 Å². The fraction of sp³-hybridized carbons (Fsp3) is 1.00. The van der Waals surface area contributed by atoms with Crippen LogP contribution in [0.3, 0.4) is 0 Å². The zero-order chi connectivity index (χ0) is 8.32. The van der Waals surface area contributed by atoms with Crippen molar-refractivity contribution >= 4 is 0 Å². The molecule has 1 N–H and O–H groups in total. The lowest BCUT2D eigenvalue weighted by Gasteiger charge is -2.56. The van der Waals surface area contributed by atoms with E-state index in [0.29, 0.717) is 0 Å². The Balaban J connectivity index is 0.000000281. The van der Waals surface area contributed by atoms with Crippen molar-refractivity contribution in [2.75, 3.05) is 7.11 Å². The van der Waals surface area contributed by atoms with Gasteiger partial charge in [-0.3, -0.25) is 0 Å². The second kappa shape index (κ2) is 3.57. The predicted molar refractivity (Wildman–Crippen MR) is 47.4 cm³/mol. The summed E-state index contributed by atoms with van der Waals surface area (Å²) in [5, 5.41) is 7.00. The maximum atomic E-state index is 7.00. The summed E-state index contributed by atoms with van der Waals surface area (Å²) >= 11 is 0. The zero-order valence-corrected chi connectivity index (χ0v) is 7.77. The van der Waals surface area contributed by atoms with Crippen LogP contribution in [0.2, 0.25) is 0 Å². The molecule has 2 rings (SSSR count). The van der Waals surface area contributed by atoms with Crippen LogP contribution < -0.4 is 0 Å². The van der Waals surface area contributed by atoms with Gasteiger partial charge < -0.3 is 5.11 Å². The average molecular weight is 156 g/mol. The molecule has 0 aromatic heterocycles. The van der Waals surface area contributed by atoms with Crippen LogP contribution in [-0.4, -0.2) is 12.2 Å². The number of hydrogen-bond donors (Lipinski definition) is 1. The molecule has 0 saturated heterocycles. The molecule has 1 heteroatoms. The predicted octanol–water partition coefficient (Wildman–Crippen LogP) is 2.59. The van der Waals surface area contributed by atoms with Crippen LogP contribution >= 0.6 is 0 Å². The topological polar surface area (TPSA) is 20.2 Å². The molecule has 0 aliphatic heterocycles. The van der Waals surface area contributed by atoms with E-state index in [1.807, 2.05) is 0 Å². The van der Waals surface area contributed by atoms with E-state index in [-0.39, 0.29) is 0 Å². The van der Waals surface area contributed by atoms with Crippen LogP contribution in [0, 0.1) is 11.3 Å². The van der Waals surface area contributed by atoms with E-state index in [2.05, 4.69) is 6.92 Å². The van der Waals surface area contributed by atoms with Gasteiger partial charge in [-0.25, -0.2) is 0 Å². The van der Waals surface area contributed by atoms with E-state index in [9.17, 15) is 0 Å². The Kier molecular flexibility index (Phi) is 2.94. The van der Waals surface area contributed by atoms with Crippen LogP contribution in [0.5, 0.6) is 0 Å². The third-order valence-electron chi connectivity index (χ3n) is 3.70. The molecule has 0 heterocycles. The number of aliphatic hydroxyl groups is 1. The molecule has 2 aliphatic rings. The van der Waals surface area contributed by atoms with Crippen LogP contribution in [0.15, 0.2) is 0 Å². The van der Waals surface area contributed by atoms with Gasteiger partial charge in [-0.1, -0.05) is 19.8 Å². The Morgan fingerprint density at radius 3 is 2.00 bits per heavy atom. The molecule has 2 saturated carbocycles. The van der Waals surface area contributed by atoms with Crippen molar-refractivity contribution in [1.82, 2.24) is 0 Å². The van der Waals surface area contributed by atoms with Crippen LogP contribution in [0.4, 0.5) is 0 Å². The average Bonchev–Trinajstić information content (AvgIpc) is 1.88. The quantitative estimate of drug-likeness (QED) is 0.618. The first-order chi connectivity index (χ1) is 5.37. The lowest BCUT2D eigenvalue weighted by atomic mass is 9.49. The molecule has 0 unspecified atom stereocenters. The van der Waals surface area contributed by atoms with E-state index in [1.165, 1.54) is 19.3 Å². The van der Waals surface area contributed by atoms with E-state index in [4.69, 9.17) is 5.11 Å². The molecule has 0 aromatic carbocycles. The van der Waals surface area contributed by atoms with Gasteiger partial charge in [0.05, 0.1) is 0 Å². The summed E-state index contributed by atoms with van der Waals surface area (Å²) < 4.78 is 0. The SMILES string of the molecule is CC[C@@H]1CCC12CCC2.CO. The van der Waals surface area contributed by atoms with Crippen LogP contribution in [-0.2, 0) is 0 Å². The molecule has 1 atom stereocenters. The Morgan fingerprint density at radius 1 is 1.27 bits per heavy atom. The minimum atomic E-state index is 0.911. The monoisotopic (exact) mass is 156 g/mol. The minimum absolute atomic E-state index is 0.911. The van der Waals surface area contributed by atoms with Crippen molar-refractivity contribution in [2.24, 2.45) is 11.3 Å². The summed E-state index contributed by atoms with van der Waals surface area (Å²) in [6.45, 7) is 2.35. The van der Waals surface area contributed by atoms with Crippen molar-refractivity contribution < 1.29 is 5.11 Å². The first-order valence-corrected chi connectivity index (χ1v) is 4.82. The van der Waals surface area contributed by atoms with Gasteiger partial charge in [-0.05, 0) is 37.0 Å². The van der Waals surface area contributed by atoms with Crippen molar-refractivity contribution in [1.29, 1.82) is 0 Å². The summed E-state index contributed by atoms with van der Waals surface area (Å²) in [5.41, 5.74) is 0.911. The van der Waals surface area contributed by atoms with E-state index >= 15 is 0 Å². The van der Waals surface area contributed by atoms with Gasteiger partial charge in [0.1, 0.15) is 0 Å². The molecule has 0 radical (unpaired) electrons. The number of aliphatic hydroxyl groups excluding tert-OH is 1. The fourth-order valence-corrected chi connectivity index (χ4v) is 2.68. The van der Waals surface area contributed by atoms with E-state index in [0.717, 1.165) is 18.4 Å². The van der Waals surface area contributed by atoms with Crippen molar-refractivity contribution in [3.63, 3.8) is 0 Å². The molecule has 0 amide bonds. The van der Waals surface area contributed by atoms with Gasteiger partial charge in [0.15, 0.2) is 0 Å². The van der Waals surface area contributed by atoms with Gasteiger partial charge in [0.25, 0.3) is 0 Å². The van der Waals surface area contributed by atoms with Crippen molar-refractivity contribution in [3.8, 4) is 0 Å². The number of rotatable bonds is 1. The fourth-order valence-electron chi connectivity index (χ4n) is 2.68. The van der Waals surface area contributed by atoms with Gasteiger partial charge in [-0.2, -0.15) is 0 Å². The van der Waals surface area contributed by atoms with E-state index in [1.54, 1.807) is 19.3 Å². The zero-order valence-electron chi connectivity index (χ0n) is 7.77. The molecule has 2 fully saturated rings. The molecule has 1 spiro atoms. The second-order valence-electron chi connectivity index (χ2n) is 3.86. The standard InChI is InChI=1S/C9H16.CH4O/c1-2-8-4-7-9(8)5-3-6-9;1-2/h8H,2-7H2,1H3;2H,1H3/t8-;/m1./s1. The third-order valence-corrected chi connectivity index (χ3v) is 3.70. The summed E-state index contributed by atoms with van der Waals surface area (Å²) in [5.74, 6) is 1.13. The first kappa shape index (κ1) is 9.05. The number of hydrogen-bond acceptors (Lipinski definition) is 1. The molecular weight excluding hydrogens is 136 g/mol. The normalized spacial score (nSPS) is 31.4. The van der Waals surface area contributed by atoms with Gasteiger partial charge in [-0.15, -0.1) is 0 Å². The first-order valence-electron chi connectivity index (χ1n) is 4.82. The molecule has 66 valence electrons. The molecular formula is C10H20O. The molecule has 0 aromatic rings. The van der Waals surface area contributed by atoms with Crippen LogP contribution in [0.25, 0.3) is 0 Å². The third kappa shape index (κ3) is 1.31. The Hall–Kier alpha value is -0.0400. The van der Waals surface area contributed by atoms with E-state index < -0.39 is 0 Å². The van der Waals surface area contributed by atoms with Crippen molar-refractivity contribution in [2.45, 2.75) is 45.4 Å². The highest BCUT2D eigenvalue weighted by Crippen LogP contribution is 2.60. The summed E-state index contributed by atoms with van der Waals surface area (Å²) in [6.07, 6.45) is 9.19. The highest BCUT2D eigenvalue weighted by molar-refractivity contribution is 4.99. The molecule has 1 nitrogen and oxygen atoms in total. The largest absolute Gasteiger partial charge is 0.400 e. The molecule has 2 aliphatic carbocycles. The van der Waals surface area contributed by atoms with Crippen LogP contribution in [0.1, 0.15) is 45.4 Å². The summed E-state index contributed by atoms with van der Waals surface area (Å²) in [6, 6.07) is 0. The highest BCUT2D eigenvalue weighted by atomic mass is 16.2. The van der Waals surface area contributed by atoms with Gasteiger partial charge in [0, 0.05) is 7.11 Å². The molecule has 0 bridgehead atoms. The summed E-state index contributed by atoms with van der Waals surface area (Å²) in [7, 11) is 1.00. The molecule has 11 heavy (non-hydrogen) atoms. The minimum Gasteiger partial charge on any atom is -0.400 e. The maximum Gasteiger partial charge on any atom is 0.0319 e. The lowest BCUT2D eigenvalue weighted by Crippen LogP contribution is -2.45. The Labute approximate surface area is 69.8 Å². The second-order valence-corrected chi connectivity index (χ2v) is 3.86.